The average molecular weight is 564 g/mol. The third-order valence-electron chi connectivity index (χ3n) is 8.74. The van der Waals surface area contributed by atoms with Crippen molar-refractivity contribution in [3.8, 4) is 22.4 Å². The molecule has 2 fully saturated rings. The van der Waals surface area contributed by atoms with Crippen molar-refractivity contribution in [1.29, 1.82) is 0 Å². The summed E-state index contributed by atoms with van der Waals surface area (Å²) in [6.07, 6.45) is 5.12. The first-order chi connectivity index (χ1) is 18.6. The van der Waals surface area contributed by atoms with Crippen LogP contribution in [0.5, 0.6) is 0 Å². The molecule has 2 aliphatic heterocycles. The van der Waals surface area contributed by atoms with Crippen LogP contribution in [0.3, 0.4) is 0 Å². The summed E-state index contributed by atoms with van der Waals surface area (Å²) in [6, 6.07) is 8.31. The van der Waals surface area contributed by atoms with Crippen LogP contribution in [0.2, 0.25) is 5.02 Å². The number of aromatic amines is 1. The topological polar surface area (TPSA) is 107 Å². The molecule has 0 bridgehead atoms. The number of H-pyrrole nitrogens is 1. The zero-order valence-corrected chi connectivity index (χ0v) is 23.4. The van der Waals surface area contributed by atoms with E-state index in [2.05, 4.69) is 34.4 Å². The lowest BCUT2D eigenvalue weighted by Gasteiger charge is -2.58. The number of amides is 1. The van der Waals surface area contributed by atoms with Crippen LogP contribution in [-0.2, 0) is 16.3 Å². The van der Waals surface area contributed by atoms with Crippen LogP contribution < -0.4 is 0 Å². The molecule has 3 N–H and O–H groups in total. The molecule has 10 heteroatoms. The number of aromatic nitrogens is 4. The number of hydrogen-bond donors (Lipinski definition) is 3. The van der Waals surface area contributed by atoms with Crippen molar-refractivity contribution < 1.29 is 13.9 Å². The fourth-order valence-corrected chi connectivity index (χ4v) is 8.74. The minimum Gasteiger partial charge on any atom is -0.338 e. The summed E-state index contributed by atoms with van der Waals surface area (Å²) in [7, 11) is -2.63. The number of likely N-dealkylation sites (tertiary alicyclic amines) is 1. The van der Waals surface area contributed by atoms with E-state index in [4.69, 9.17) is 16.7 Å². The molecule has 0 unspecified atom stereocenters. The number of benzene rings is 2. The highest BCUT2D eigenvalue weighted by Gasteiger charge is 2.54. The van der Waals surface area contributed by atoms with Gasteiger partial charge in [-0.05, 0) is 61.6 Å². The quantitative estimate of drug-likeness (QED) is 0.246. The second kappa shape index (κ2) is 8.44. The van der Waals surface area contributed by atoms with E-state index >= 15 is 0 Å². The van der Waals surface area contributed by atoms with Crippen LogP contribution >= 0.6 is 22.2 Å². The predicted octanol–water partition coefficient (Wildman–Crippen LogP) is 6.48. The molecular formula is C29H30ClN5O3S. The Kier molecular flexibility index (Phi) is 5.39. The summed E-state index contributed by atoms with van der Waals surface area (Å²) in [4.78, 5) is 13.8. The largest absolute Gasteiger partial charge is 0.338 e. The first kappa shape index (κ1) is 24.9. The molecule has 1 spiro atoms. The van der Waals surface area contributed by atoms with E-state index in [1.807, 2.05) is 36.2 Å². The number of rotatable bonds is 4. The molecule has 1 amide bonds. The van der Waals surface area contributed by atoms with Crippen molar-refractivity contribution in [2.45, 2.75) is 44.2 Å². The van der Waals surface area contributed by atoms with Gasteiger partial charge in [0.25, 0.3) is 0 Å². The van der Waals surface area contributed by atoms with Crippen molar-refractivity contribution in [3.63, 3.8) is 0 Å². The van der Waals surface area contributed by atoms with Gasteiger partial charge in [0.15, 0.2) is 0 Å². The van der Waals surface area contributed by atoms with Crippen molar-refractivity contribution in [2.24, 2.45) is 5.41 Å². The molecule has 1 aliphatic carbocycles. The molecule has 3 aliphatic rings. The molecule has 0 radical (unpaired) electrons. The number of halogens is 1. The maximum Gasteiger partial charge on any atom is 0.245 e. The summed E-state index contributed by atoms with van der Waals surface area (Å²) in [5, 5.41) is 14.2. The van der Waals surface area contributed by atoms with Gasteiger partial charge in [-0.1, -0.05) is 30.3 Å². The first-order valence-corrected chi connectivity index (χ1v) is 15.3. The molecule has 4 aromatic rings. The minimum absolute atomic E-state index is 0.00430. The first-order valence-electron chi connectivity index (χ1n) is 13.1. The van der Waals surface area contributed by atoms with E-state index < -0.39 is 10.6 Å². The van der Waals surface area contributed by atoms with Crippen molar-refractivity contribution in [1.82, 2.24) is 24.9 Å². The lowest BCUT2D eigenvalue weighted by molar-refractivity contribution is -0.149. The molecule has 1 saturated heterocycles. The SMILES string of the molecule is C=CC(=O)N1CC2(CC(n3nc(-c4ccc5c(c4)CS(O)(O)C5)c(-c4c(Cl)c(C)cc5[nH]ncc45)c3C)C2)C1. The van der Waals surface area contributed by atoms with E-state index in [1.165, 1.54) is 6.08 Å². The molecule has 1 saturated carbocycles. The van der Waals surface area contributed by atoms with Crippen LogP contribution in [0, 0.1) is 19.3 Å². The zero-order chi connectivity index (χ0) is 27.3. The summed E-state index contributed by atoms with van der Waals surface area (Å²) in [6.45, 7) is 9.24. The zero-order valence-electron chi connectivity index (χ0n) is 21.9. The Morgan fingerprint density at radius 3 is 2.67 bits per heavy atom. The van der Waals surface area contributed by atoms with E-state index in [0.29, 0.717) is 10.8 Å². The third-order valence-corrected chi connectivity index (χ3v) is 10.8. The Hall–Kier alpha value is -3.11. The fourth-order valence-electron chi connectivity index (χ4n) is 6.84. The van der Waals surface area contributed by atoms with Gasteiger partial charge in [-0.3, -0.25) is 23.7 Å². The van der Waals surface area contributed by atoms with Crippen LogP contribution in [0.1, 0.15) is 41.3 Å². The normalized spacial score (nSPS) is 20.1. The van der Waals surface area contributed by atoms with Crippen molar-refractivity contribution in [2.75, 3.05) is 13.1 Å². The summed E-state index contributed by atoms with van der Waals surface area (Å²) >= 11 is 7.01. The molecule has 39 heavy (non-hydrogen) atoms. The minimum atomic E-state index is -2.63. The van der Waals surface area contributed by atoms with Gasteiger partial charge in [-0.2, -0.15) is 20.8 Å². The highest BCUT2D eigenvalue weighted by Crippen LogP contribution is 2.56. The monoisotopic (exact) mass is 563 g/mol. The third kappa shape index (κ3) is 3.78. The van der Waals surface area contributed by atoms with Crippen molar-refractivity contribution >= 4 is 39.0 Å². The number of aryl methyl sites for hydroxylation is 1. The van der Waals surface area contributed by atoms with E-state index in [1.54, 1.807) is 0 Å². The van der Waals surface area contributed by atoms with Gasteiger partial charge in [-0.25, -0.2) is 0 Å². The standard InChI is InChI=1S/C29H30ClN5O3S/c1-4-24(36)34-14-29(15-34)9-21(10-29)35-17(3)25(26-22-11-31-32-23(22)7-16(2)27(26)30)28(33-35)18-5-6-19-12-39(37,38)13-20(19)8-18/h4-8,11,21,37-38H,1,9-10,12-15H2,2-3H3,(H,31,32). The van der Waals surface area contributed by atoms with Crippen LogP contribution in [0.15, 0.2) is 43.1 Å². The van der Waals surface area contributed by atoms with Gasteiger partial charge in [-0.15, -0.1) is 0 Å². The molecule has 2 aromatic heterocycles. The number of nitrogens with one attached hydrogen (secondary N) is 1. The Balaban J connectivity index is 1.34. The number of carbonyl (C=O) groups is 1. The smallest absolute Gasteiger partial charge is 0.245 e. The Morgan fingerprint density at radius 2 is 1.92 bits per heavy atom. The lowest BCUT2D eigenvalue weighted by Crippen LogP contribution is -2.63. The van der Waals surface area contributed by atoms with E-state index in [-0.39, 0.29) is 23.1 Å². The van der Waals surface area contributed by atoms with E-state index in [0.717, 1.165) is 81.6 Å². The average Bonchev–Trinajstić information content (AvgIpc) is 3.52. The van der Waals surface area contributed by atoms with Crippen LogP contribution in [0.4, 0.5) is 0 Å². The Morgan fingerprint density at radius 1 is 1.18 bits per heavy atom. The van der Waals surface area contributed by atoms with Gasteiger partial charge >= 0.3 is 0 Å². The van der Waals surface area contributed by atoms with Crippen LogP contribution in [0.25, 0.3) is 33.3 Å². The molecular weight excluding hydrogens is 534 g/mol. The lowest BCUT2D eigenvalue weighted by atomic mass is 9.60. The summed E-state index contributed by atoms with van der Waals surface area (Å²) in [5.74, 6) is 0.570. The fraction of sp³-hybridized carbons (Fsp3) is 0.345. The van der Waals surface area contributed by atoms with Gasteiger partial charge < -0.3 is 4.90 Å². The molecule has 0 atom stereocenters. The predicted molar refractivity (Wildman–Crippen MR) is 155 cm³/mol. The highest BCUT2D eigenvalue weighted by atomic mass is 35.5. The Labute approximate surface area is 233 Å². The molecule has 4 heterocycles. The second-order valence-electron chi connectivity index (χ2n) is 11.5. The van der Waals surface area contributed by atoms with E-state index in [9.17, 15) is 13.9 Å². The van der Waals surface area contributed by atoms with Gasteiger partial charge in [0, 0.05) is 46.3 Å². The molecule has 202 valence electrons. The van der Waals surface area contributed by atoms with Crippen LogP contribution in [-0.4, -0.2) is 53.0 Å². The maximum absolute atomic E-state index is 12.0. The van der Waals surface area contributed by atoms with Gasteiger partial charge in [0.1, 0.15) is 5.69 Å². The number of nitrogens with zero attached hydrogens (tertiary/aromatic N) is 4. The maximum atomic E-state index is 12.0. The van der Waals surface area contributed by atoms with Gasteiger partial charge in [0.2, 0.25) is 5.91 Å². The Bertz CT molecular complexity index is 1690. The summed E-state index contributed by atoms with van der Waals surface area (Å²) < 4.78 is 22.8. The number of fused-ring (bicyclic) bond motifs is 2. The highest BCUT2D eigenvalue weighted by molar-refractivity contribution is 8.23. The summed E-state index contributed by atoms with van der Waals surface area (Å²) in [5.41, 5.74) is 8.62. The van der Waals surface area contributed by atoms with Crippen molar-refractivity contribution in [3.05, 3.63) is 70.5 Å². The second-order valence-corrected chi connectivity index (χ2v) is 14.1. The molecule has 7 rings (SSSR count). The molecule has 8 nitrogen and oxygen atoms in total. The number of carbonyl (C=O) groups excluding carboxylic acids is 1. The molecule has 2 aromatic carbocycles. The number of hydrogen-bond acceptors (Lipinski definition) is 5. The van der Waals surface area contributed by atoms with Gasteiger partial charge in [0.05, 0.1) is 34.3 Å².